The molecule has 17 heavy (non-hydrogen) atoms. The third-order valence-electron chi connectivity index (χ3n) is 2.19. The van der Waals surface area contributed by atoms with Gasteiger partial charge in [-0.2, -0.15) is 0 Å². The van der Waals surface area contributed by atoms with Crippen molar-refractivity contribution in [3.8, 4) is 18.1 Å². The molecule has 0 saturated carbocycles. The van der Waals surface area contributed by atoms with E-state index in [-0.39, 0.29) is 12.3 Å². The van der Waals surface area contributed by atoms with Crippen molar-refractivity contribution < 1.29 is 13.9 Å². The summed E-state index contributed by atoms with van der Waals surface area (Å²) < 4.78 is 16.0. The number of ether oxygens (including phenoxy) is 1. The minimum Gasteiger partial charge on any atom is -0.448 e. The fourth-order valence-corrected chi connectivity index (χ4v) is 1.86. The molecule has 1 aromatic carbocycles. The number of alkyl halides is 2. The standard InChI is InChI=1S/C11H6Cl2FNO2/c1-2-5-15-8-4-3-7(14)6-9(8)17-11(12,13)10(15)16/h1,3-4,6H,5H2. The van der Waals surface area contributed by atoms with Crippen LogP contribution in [0.25, 0.3) is 0 Å². The van der Waals surface area contributed by atoms with E-state index in [2.05, 4.69) is 5.92 Å². The van der Waals surface area contributed by atoms with Crippen molar-refractivity contribution in [2.75, 3.05) is 11.4 Å². The lowest BCUT2D eigenvalue weighted by molar-refractivity contribution is -0.124. The molecule has 0 N–H and O–H groups in total. The number of anilines is 1. The molecule has 1 aliphatic heterocycles. The number of nitrogens with zero attached hydrogens (tertiary/aromatic N) is 1. The van der Waals surface area contributed by atoms with E-state index >= 15 is 0 Å². The van der Waals surface area contributed by atoms with Crippen molar-refractivity contribution in [2.24, 2.45) is 0 Å². The predicted octanol–water partition coefficient (Wildman–Crippen LogP) is 2.32. The Morgan fingerprint density at radius 2 is 2.24 bits per heavy atom. The predicted molar refractivity (Wildman–Crippen MR) is 62.7 cm³/mol. The van der Waals surface area contributed by atoms with Crippen LogP contribution < -0.4 is 9.64 Å². The normalized spacial score (nSPS) is 17.1. The van der Waals surface area contributed by atoms with Gasteiger partial charge in [-0.15, -0.1) is 6.42 Å². The van der Waals surface area contributed by atoms with Gasteiger partial charge in [0.05, 0.1) is 12.2 Å². The summed E-state index contributed by atoms with van der Waals surface area (Å²) in [6, 6.07) is 3.65. The maximum Gasteiger partial charge on any atom is 0.339 e. The van der Waals surface area contributed by atoms with E-state index in [1.807, 2.05) is 0 Å². The second kappa shape index (κ2) is 4.10. The first kappa shape index (κ1) is 12.0. The quantitative estimate of drug-likeness (QED) is 0.581. The Bertz CT molecular complexity index is 525. The summed E-state index contributed by atoms with van der Waals surface area (Å²) >= 11 is 11.4. The molecule has 0 aliphatic carbocycles. The Balaban J connectivity index is 2.55. The molecule has 1 aliphatic rings. The van der Waals surface area contributed by atoms with Crippen molar-refractivity contribution in [1.29, 1.82) is 0 Å². The van der Waals surface area contributed by atoms with Crippen LogP contribution in [0.3, 0.4) is 0 Å². The van der Waals surface area contributed by atoms with E-state index in [1.54, 1.807) is 0 Å². The van der Waals surface area contributed by atoms with Crippen LogP contribution in [0.2, 0.25) is 0 Å². The molecule has 0 unspecified atom stereocenters. The van der Waals surface area contributed by atoms with Crippen molar-refractivity contribution in [3.05, 3.63) is 24.0 Å². The summed E-state index contributed by atoms with van der Waals surface area (Å²) in [5.74, 6) is 1.15. The highest BCUT2D eigenvalue weighted by Crippen LogP contribution is 2.41. The summed E-state index contributed by atoms with van der Waals surface area (Å²) in [5, 5.41) is 0. The number of amides is 1. The van der Waals surface area contributed by atoms with E-state index in [0.717, 1.165) is 11.0 Å². The van der Waals surface area contributed by atoms with Gasteiger partial charge in [0.1, 0.15) is 5.82 Å². The van der Waals surface area contributed by atoms with Crippen LogP contribution in [-0.2, 0) is 4.79 Å². The van der Waals surface area contributed by atoms with E-state index in [4.69, 9.17) is 34.4 Å². The van der Waals surface area contributed by atoms with Crippen LogP contribution in [0.15, 0.2) is 18.2 Å². The lowest BCUT2D eigenvalue weighted by Crippen LogP contribution is -2.49. The lowest BCUT2D eigenvalue weighted by atomic mass is 10.2. The maximum absolute atomic E-state index is 13.0. The third-order valence-corrected chi connectivity index (χ3v) is 2.67. The topological polar surface area (TPSA) is 29.5 Å². The Kier molecular flexibility index (Phi) is 2.90. The molecule has 0 spiro atoms. The van der Waals surface area contributed by atoms with Crippen LogP contribution in [-0.4, -0.2) is 17.0 Å². The maximum atomic E-state index is 13.0. The molecule has 0 saturated heterocycles. The number of carbonyl (C=O) groups excluding carboxylic acids is 1. The Hall–Kier alpha value is -1.44. The Labute approximate surface area is 107 Å². The second-order valence-corrected chi connectivity index (χ2v) is 4.58. The molecule has 1 heterocycles. The van der Waals surface area contributed by atoms with Crippen molar-refractivity contribution in [1.82, 2.24) is 0 Å². The zero-order chi connectivity index (χ0) is 12.6. The summed E-state index contributed by atoms with van der Waals surface area (Å²) in [6.07, 6.45) is 5.15. The number of benzene rings is 1. The van der Waals surface area contributed by atoms with Gasteiger partial charge in [-0.05, 0) is 35.3 Å². The van der Waals surface area contributed by atoms with E-state index in [1.165, 1.54) is 12.1 Å². The number of hydrogen-bond acceptors (Lipinski definition) is 2. The molecular weight excluding hydrogens is 268 g/mol. The first-order valence-corrected chi connectivity index (χ1v) is 5.33. The van der Waals surface area contributed by atoms with Gasteiger partial charge in [0, 0.05) is 6.07 Å². The van der Waals surface area contributed by atoms with E-state index < -0.39 is 16.2 Å². The SMILES string of the molecule is C#CCN1C(=O)C(Cl)(Cl)Oc2cc(F)ccc21. The number of rotatable bonds is 1. The van der Waals surface area contributed by atoms with Gasteiger partial charge in [-0.1, -0.05) is 5.92 Å². The lowest BCUT2D eigenvalue weighted by Gasteiger charge is -2.34. The number of halogens is 3. The van der Waals surface area contributed by atoms with Crippen molar-refractivity contribution >= 4 is 34.8 Å². The molecule has 0 atom stereocenters. The minimum absolute atomic E-state index is 0.0258. The largest absolute Gasteiger partial charge is 0.448 e. The van der Waals surface area contributed by atoms with Crippen LogP contribution in [0.4, 0.5) is 10.1 Å². The summed E-state index contributed by atoms with van der Waals surface area (Å²) in [4.78, 5) is 13.0. The molecule has 88 valence electrons. The first-order chi connectivity index (χ1) is 7.95. The van der Waals surface area contributed by atoms with Gasteiger partial charge in [0.2, 0.25) is 0 Å². The average molecular weight is 274 g/mol. The second-order valence-electron chi connectivity index (χ2n) is 3.33. The number of terminal acetylenes is 1. The highest BCUT2D eigenvalue weighted by molar-refractivity contribution is 6.58. The molecule has 1 aromatic rings. The monoisotopic (exact) mass is 273 g/mol. The van der Waals surface area contributed by atoms with Crippen LogP contribution in [0, 0.1) is 18.2 Å². The number of carbonyl (C=O) groups is 1. The minimum atomic E-state index is -2.09. The van der Waals surface area contributed by atoms with Gasteiger partial charge in [0.25, 0.3) is 0 Å². The molecule has 0 radical (unpaired) electrons. The van der Waals surface area contributed by atoms with Gasteiger partial charge in [0.15, 0.2) is 5.75 Å². The number of hydrogen-bond donors (Lipinski definition) is 0. The van der Waals surface area contributed by atoms with Gasteiger partial charge < -0.3 is 4.74 Å². The van der Waals surface area contributed by atoms with Gasteiger partial charge in [-0.25, -0.2) is 4.39 Å². The van der Waals surface area contributed by atoms with Crippen LogP contribution >= 0.6 is 23.2 Å². The fraction of sp³-hybridized carbons (Fsp3) is 0.182. The third kappa shape index (κ3) is 2.04. The Morgan fingerprint density at radius 3 is 2.88 bits per heavy atom. The summed E-state index contributed by atoms with van der Waals surface area (Å²) in [6.45, 7) is -0.0258. The molecule has 3 nitrogen and oxygen atoms in total. The summed E-state index contributed by atoms with van der Waals surface area (Å²) in [7, 11) is 0. The van der Waals surface area contributed by atoms with Crippen molar-refractivity contribution in [3.63, 3.8) is 0 Å². The first-order valence-electron chi connectivity index (χ1n) is 4.57. The Morgan fingerprint density at radius 1 is 1.53 bits per heavy atom. The number of fused-ring (bicyclic) bond motifs is 1. The zero-order valence-electron chi connectivity index (χ0n) is 8.41. The van der Waals surface area contributed by atoms with Crippen LogP contribution in [0.1, 0.15) is 0 Å². The molecule has 0 aromatic heterocycles. The fourth-order valence-electron chi connectivity index (χ4n) is 1.49. The molecule has 2 rings (SSSR count). The zero-order valence-corrected chi connectivity index (χ0v) is 9.93. The van der Waals surface area contributed by atoms with Crippen LogP contribution in [0.5, 0.6) is 5.75 Å². The van der Waals surface area contributed by atoms with Gasteiger partial charge >= 0.3 is 10.4 Å². The molecule has 6 heteroatoms. The van der Waals surface area contributed by atoms with E-state index in [0.29, 0.717) is 5.69 Å². The van der Waals surface area contributed by atoms with E-state index in [9.17, 15) is 9.18 Å². The molecule has 0 fully saturated rings. The smallest absolute Gasteiger partial charge is 0.339 e. The van der Waals surface area contributed by atoms with Gasteiger partial charge in [-0.3, -0.25) is 9.69 Å². The summed E-state index contributed by atoms with van der Waals surface area (Å²) in [5.41, 5.74) is 0.339. The molecule has 0 bridgehead atoms. The highest BCUT2D eigenvalue weighted by Gasteiger charge is 2.45. The molecule has 1 amide bonds. The average Bonchev–Trinajstić information content (AvgIpc) is 2.24. The van der Waals surface area contributed by atoms with Crippen molar-refractivity contribution in [2.45, 2.75) is 4.52 Å². The highest BCUT2D eigenvalue weighted by atomic mass is 35.5. The molecular formula is C11H6Cl2FNO2.